The van der Waals surface area contributed by atoms with Gasteiger partial charge in [0.25, 0.3) is 0 Å². The van der Waals surface area contributed by atoms with E-state index in [1.807, 2.05) is 13.8 Å². The molecule has 0 aromatic rings. The van der Waals surface area contributed by atoms with Crippen LogP contribution in [0.2, 0.25) is 0 Å². The molecule has 1 unspecified atom stereocenters. The number of hydrogen-bond acceptors (Lipinski definition) is 1. The molecule has 0 amide bonds. The van der Waals surface area contributed by atoms with Gasteiger partial charge in [-0.1, -0.05) is 13.8 Å². The number of rotatable bonds is 0. The summed E-state index contributed by atoms with van der Waals surface area (Å²) in [4.78, 5) is 10.8. The van der Waals surface area contributed by atoms with Crippen molar-refractivity contribution in [1.82, 2.24) is 0 Å². The van der Waals surface area contributed by atoms with Crippen molar-refractivity contribution in [2.75, 3.05) is 0 Å². The largest absolute Gasteiger partial charge is 0.296 e. The molecule has 1 nitrogen and oxygen atoms in total. The first-order valence-corrected chi connectivity index (χ1v) is 3.71. The molecule has 0 aromatic carbocycles. The van der Waals surface area contributed by atoms with Crippen molar-refractivity contribution < 1.29 is 9.18 Å². The smallest absolute Gasteiger partial charge is 0.167 e. The van der Waals surface area contributed by atoms with E-state index < -0.39 is 11.6 Å². The molecule has 1 aliphatic rings. The van der Waals surface area contributed by atoms with Gasteiger partial charge in [-0.2, -0.15) is 0 Å². The molecular formula is C8H13FO. The van der Waals surface area contributed by atoms with E-state index in [4.69, 9.17) is 0 Å². The molecule has 0 spiro atoms. The number of carbonyl (C=O) groups is 1. The first-order chi connectivity index (χ1) is 4.54. The summed E-state index contributed by atoms with van der Waals surface area (Å²) >= 11 is 0. The molecular weight excluding hydrogens is 131 g/mol. The van der Waals surface area contributed by atoms with Crippen LogP contribution < -0.4 is 0 Å². The van der Waals surface area contributed by atoms with Gasteiger partial charge in [0.2, 0.25) is 0 Å². The van der Waals surface area contributed by atoms with Crippen molar-refractivity contribution in [2.24, 2.45) is 5.41 Å². The maximum atomic E-state index is 13.0. The maximum absolute atomic E-state index is 13.0. The average Bonchev–Trinajstić information content (AvgIpc) is 1.83. The van der Waals surface area contributed by atoms with Gasteiger partial charge in [0.05, 0.1) is 0 Å². The Morgan fingerprint density at radius 1 is 1.60 bits per heavy atom. The minimum absolute atomic E-state index is 0.212. The minimum Gasteiger partial charge on any atom is -0.296 e. The lowest BCUT2D eigenvalue weighted by Crippen LogP contribution is -2.36. The van der Waals surface area contributed by atoms with E-state index in [0.29, 0.717) is 6.42 Å². The zero-order valence-electron chi connectivity index (χ0n) is 6.48. The van der Waals surface area contributed by atoms with Gasteiger partial charge in [0, 0.05) is 11.8 Å². The Hall–Kier alpha value is -0.400. The Kier molecular flexibility index (Phi) is 1.80. The minimum atomic E-state index is -1.22. The van der Waals surface area contributed by atoms with Crippen LogP contribution in [-0.4, -0.2) is 12.0 Å². The lowest BCUT2D eigenvalue weighted by atomic mass is 9.75. The van der Waals surface area contributed by atoms with E-state index in [1.54, 1.807) is 0 Å². The Bertz CT molecular complexity index is 151. The van der Waals surface area contributed by atoms with Gasteiger partial charge in [-0.25, -0.2) is 4.39 Å². The third-order valence-electron chi connectivity index (χ3n) is 2.21. The molecule has 0 heterocycles. The van der Waals surface area contributed by atoms with Gasteiger partial charge in [0.15, 0.2) is 12.0 Å². The van der Waals surface area contributed by atoms with Crippen molar-refractivity contribution in [3.05, 3.63) is 0 Å². The third kappa shape index (κ3) is 1.20. The number of hydrogen-bond donors (Lipinski definition) is 0. The Balaban J connectivity index is 2.69. The lowest BCUT2D eigenvalue weighted by molar-refractivity contribution is -0.130. The van der Waals surface area contributed by atoms with Crippen molar-refractivity contribution in [2.45, 2.75) is 39.3 Å². The fraction of sp³-hybridized carbons (Fsp3) is 0.875. The highest BCUT2D eigenvalue weighted by atomic mass is 19.1. The van der Waals surface area contributed by atoms with E-state index in [-0.39, 0.29) is 5.78 Å². The average molecular weight is 144 g/mol. The molecule has 1 atom stereocenters. The van der Waals surface area contributed by atoms with Crippen LogP contribution in [0, 0.1) is 5.41 Å². The van der Waals surface area contributed by atoms with Crippen LogP contribution in [0.3, 0.4) is 0 Å². The quantitative estimate of drug-likeness (QED) is 0.509. The molecule has 1 rings (SSSR count). The summed E-state index contributed by atoms with van der Waals surface area (Å²) in [5.74, 6) is -0.212. The van der Waals surface area contributed by atoms with Crippen LogP contribution in [0.5, 0.6) is 0 Å². The molecule has 1 saturated carbocycles. The topological polar surface area (TPSA) is 17.1 Å². The maximum Gasteiger partial charge on any atom is 0.167 e. The summed E-state index contributed by atoms with van der Waals surface area (Å²) < 4.78 is 13.0. The molecule has 0 radical (unpaired) electrons. The van der Waals surface area contributed by atoms with Crippen LogP contribution >= 0.6 is 0 Å². The van der Waals surface area contributed by atoms with Crippen molar-refractivity contribution in [1.29, 1.82) is 0 Å². The number of ketones is 1. The molecule has 58 valence electrons. The first-order valence-electron chi connectivity index (χ1n) is 3.71. The van der Waals surface area contributed by atoms with E-state index in [1.165, 1.54) is 0 Å². The summed E-state index contributed by atoms with van der Waals surface area (Å²) in [5, 5.41) is 0. The molecule has 0 aliphatic heterocycles. The van der Waals surface area contributed by atoms with E-state index >= 15 is 0 Å². The molecule has 1 aliphatic carbocycles. The number of halogens is 1. The zero-order valence-corrected chi connectivity index (χ0v) is 6.48. The van der Waals surface area contributed by atoms with Gasteiger partial charge in [-0.3, -0.25) is 4.79 Å². The molecule has 0 N–H and O–H groups in total. The second-order valence-corrected chi connectivity index (χ2v) is 3.67. The summed E-state index contributed by atoms with van der Waals surface area (Å²) in [6.07, 6.45) is 0.901. The summed E-state index contributed by atoms with van der Waals surface area (Å²) in [6, 6.07) is 0. The molecule has 0 saturated heterocycles. The fourth-order valence-electron chi connectivity index (χ4n) is 1.41. The summed E-state index contributed by atoms with van der Waals surface area (Å²) in [7, 11) is 0. The molecule has 1 fully saturated rings. The summed E-state index contributed by atoms with van der Waals surface area (Å²) in [5.41, 5.74) is -0.407. The molecule has 10 heavy (non-hydrogen) atoms. The Morgan fingerprint density at radius 2 is 2.20 bits per heavy atom. The first kappa shape index (κ1) is 7.70. The van der Waals surface area contributed by atoms with Crippen LogP contribution in [0.1, 0.15) is 33.1 Å². The SMILES string of the molecule is CC1(C)CCCC(=O)C1F. The standard InChI is InChI=1S/C8H13FO/c1-8(2)5-3-4-6(10)7(8)9/h7H,3-5H2,1-2H3. The number of alkyl halides is 1. The molecule has 2 heteroatoms. The van der Waals surface area contributed by atoms with Crippen molar-refractivity contribution in [3.63, 3.8) is 0 Å². The molecule has 0 aromatic heterocycles. The predicted octanol–water partition coefficient (Wildman–Crippen LogP) is 2.10. The van der Waals surface area contributed by atoms with Crippen molar-refractivity contribution in [3.8, 4) is 0 Å². The van der Waals surface area contributed by atoms with Crippen LogP contribution in [0.25, 0.3) is 0 Å². The highest BCUT2D eigenvalue weighted by Gasteiger charge is 2.37. The lowest BCUT2D eigenvalue weighted by Gasteiger charge is -2.31. The third-order valence-corrected chi connectivity index (χ3v) is 2.21. The Morgan fingerprint density at radius 3 is 2.60 bits per heavy atom. The van der Waals surface area contributed by atoms with E-state index in [0.717, 1.165) is 12.8 Å². The fourth-order valence-corrected chi connectivity index (χ4v) is 1.41. The predicted molar refractivity (Wildman–Crippen MR) is 37.5 cm³/mol. The highest BCUT2D eigenvalue weighted by Crippen LogP contribution is 2.35. The number of Topliss-reactive ketones (excluding diaryl/α,β-unsaturated/α-hetero) is 1. The van der Waals surface area contributed by atoms with E-state index in [2.05, 4.69) is 0 Å². The second-order valence-electron chi connectivity index (χ2n) is 3.67. The van der Waals surface area contributed by atoms with Crippen LogP contribution in [0.15, 0.2) is 0 Å². The van der Waals surface area contributed by atoms with Crippen LogP contribution in [-0.2, 0) is 4.79 Å². The van der Waals surface area contributed by atoms with Gasteiger partial charge in [-0.05, 0) is 12.8 Å². The van der Waals surface area contributed by atoms with Crippen molar-refractivity contribution >= 4 is 5.78 Å². The number of carbonyl (C=O) groups excluding carboxylic acids is 1. The summed E-state index contributed by atoms with van der Waals surface area (Å²) in [6.45, 7) is 3.63. The van der Waals surface area contributed by atoms with E-state index in [9.17, 15) is 9.18 Å². The normalized spacial score (nSPS) is 32.3. The highest BCUT2D eigenvalue weighted by molar-refractivity contribution is 5.84. The Labute approximate surface area is 60.6 Å². The second kappa shape index (κ2) is 2.33. The molecule has 0 bridgehead atoms. The van der Waals surface area contributed by atoms with Gasteiger partial charge in [-0.15, -0.1) is 0 Å². The van der Waals surface area contributed by atoms with Gasteiger partial charge < -0.3 is 0 Å². The zero-order chi connectivity index (χ0) is 7.78. The van der Waals surface area contributed by atoms with Crippen LogP contribution in [0.4, 0.5) is 4.39 Å². The van der Waals surface area contributed by atoms with Gasteiger partial charge in [0.1, 0.15) is 0 Å². The monoisotopic (exact) mass is 144 g/mol. The van der Waals surface area contributed by atoms with Gasteiger partial charge >= 0.3 is 0 Å².